The van der Waals surface area contributed by atoms with Crippen LogP contribution in [0.2, 0.25) is 0 Å². The highest BCUT2D eigenvalue weighted by molar-refractivity contribution is 5.87. The first-order chi connectivity index (χ1) is 8.69. The summed E-state index contributed by atoms with van der Waals surface area (Å²) >= 11 is 0. The molecule has 18 heavy (non-hydrogen) atoms. The van der Waals surface area contributed by atoms with Gasteiger partial charge in [-0.05, 0) is 33.4 Å². The van der Waals surface area contributed by atoms with Gasteiger partial charge in [0.25, 0.3) is 0 Å². The smallest absolute Gasteiger partial charge is 0.176 e. The summed E-state index contributed by atoms with van der Waals surface area (Å²) in [6.45, 7) is 7.01. The number of rotatable bonds is 5. The van der Waals surface area contributed by atoms with E-state index < -0.39 is 0 Å². The van der Waals surface area contributed by atoms with Crippen molar-refractivity contribution in [3.05, 3.63) is 29.5 Å². The van der Waals surface area contributed by atoms with Crippen molar-refractivity contribution in [2.45, 2.75) is 33.2 Å². The van der Waals surface area contributed by atoms with Gasteiger partial charge >= 0.3 is 0 Å². The quantitative estimate of drug-likeness (QED) is 0.872. The van der Waals surface area contributed by atoms with E-state index >= 15 is 0 Å². The van der Waals surface area contributed by atoms with Crippen LogP contribution in [0, 0.1) is 6.92 Å². The zero-order valence-corrected chi connectivity index (χ0v) is 11.5. The summed E-state index contributed by atoms with van der Waals surface area (Å²) < 4.78 is 11.7. The number of aryl methyl sites for hydroxylation is 1. The highest BCUT2D eigenvalue weighted by atomic mass is 16.5. The predicted molar refractivity (Wildman–Crippen MR) is 74.2 cm³/mol. The minimum atomic E-state index is 0.205. The molecule has 0 amide bonds. The largest absolute Gasteiger partial charge is 0.490 e. The number of hydrogen-bond donors (Lipinski definition) is 1. The standard InChI is InChI=1S/C15H21NO2/c1-5-9-17-13-8-6-7-12-10(2)14(11(3)16-4)18-15(12)13/h6-8,11,16H,5,9H2,1-4H3. The van der Waals surface area contributed by atoms with E-state index in [1.807, 2.05) is 19.2 Å². The van der Waals surface area contributed by atoms with E-state index in [2.05, 4.69) is 32.2 Å². The zero-order valence-electron chi connectivity index (χ0n) is 11.5. The lowest BCUT2D eigenvalue weighted by atomic mass is 10.1. The van der Waals surface area contributed by atoms with E-state index in [0.29, 0.717) is 0 Å². The topological polar surface area (TPSA) is 34.4 Å². The summed E-state index contributed by atoms with van der Waals surface area (Å²) in [6, 6.07) is 6.27. The molecule has 0 spiro atoms. The van der Waals surface area contributed by atoms with Crippen LogP contribution in [0.3, 0.4) is 0 Å². The van der Waals surface area contributed by atoms with E-state index in [9.17, 15) is 0 Å². The fourth-order valence-corrected chi connectivity index (χ4v) is 2.11. The first-order valence-electron chi connectivity index (χ1n) is 6.51. The Morgan fingerprint density at radius 1 is 1.39 bits per heavy atom. The average molecular weight is 247 g/mol. The molecule has 0 bridgehead atoms. The van der Waals surface area contributed by atoms with Gasteiger partial charge in [0.05, 0.1) is 12.6 Å². The number of fused-ring (bicyclic) bond motifs is 1. The fraction of sp³-hybridized carbons (Fsp3) is 0.467. The summed E-state index contributed by atoms with van der Waals surface area (Å²) in [7, 11) is 1.94. The van der Waals surface area contributed by atoms with Gasteiger partial charge in [0.15, 0.2) is 11.3 Å². The van der Waals surface area contributed by atoms with Crippen molar-refractivity contribution in [2.75, 3.05) is 13.7 Å². The second-order valence-corrected chi connectivity index (χ2v) is 4.58. The van der Waals surface area contributed by atoms with Gasteiger partial charge in [-0.15, -0.1) is 0 Å². The molecule has 2 aromatic rings. The monoisotopic (exact) mass is 247 g/mol. The Hall–Kier alpha value is -1.48. The maximum absolute atomic E-state index is 5.99. The average Bonchev–Trinajstić information content (AvgIpc) is 2.74. The molecule has 0 radical (unpaired) electrons. The molecule has 1 atom stereocenters. The van der Waals surface area contributed by atoms with Gasteiger partial charge in [0, 0.05) is 10.9 Å². The molecule has 98 valence electrons. The summed E-state index contributed by atoms with van der Waals surface area (Å²) in [6.07, 6.45) is 0.996. The highest BCUT2D eigenvalue weighted by Gasteiger charge is 2.17. The van der Waals surface area contributed by atoms with Crippen molar-refractivity contribution in [3.63, 3.8) is 0 Å². The van der Waals surface area contributed by atoms with Gasteiger partial charge < -0.3 is 14.5 Å². The third-order valence-corrected chi connectivity index (χ3v) is 3.25. The number of furan rings is 1. The Labute approximate surface area is 108 Å². The molecule has 0 aliphatic carbocycles. The highest BCUT2D eigenvalue weighted by Crippen LogP contribution is 2.34. The number of hydrogen-bond acceptors (Lipinski definition) is 3. The Bertz CT molecular complexity index is 531. The molecule has 0 aliphatic heterocycles. The normalized spacial score (nSPS) is 12.9. The maximum Gasteiger partial charge on any atom is 0.176 e. The number of para-hydroxylation sites is 1. The van der Waals surface area contributed by atoms with Crippen molar-refractivity contribution in [2.24, 2.45) is 0 Å². The van der Waals surface area contributed by atoms with Crippen LogP contribution in [0.15, 0.2) is 22.6 Å². The Morgan fingerprint density at radius 2 is 2.17 bits per heavy atom. The molecular weight excluding hydrogens is 226 g/mol. The van der Waals surface area contributed by atoms with Crippen LogP contribution < -0.4 is 10.1 Å². The number of ether oxygens (including phenoxy) is 1. The Kier molecular flexibility index (Phi) is 3.92. The summed E-state index contributed by atoms with van der Waals surface area (Å²) in [4.78, 5) is 0. The second kappa shape index (κ2) is 5.44. The summed E-state index contributed by atoms with van der Waals surface area (Å²) in [5, 5.41) is 4.35. The molecule has 0 aliphatic rings. The molecule has 1 unspecified atom stereocenters. The first kappa shape index (κ1) is 13.0. The predicted octanol–water partition coefficient (Wildman–Crippen LogP) is 3.81. The van der Waals surface area contributed by atoms with Crippen LogP contribution in [-0.2, 0) is 0 Å². The third kappa shape index (κ3) is 2.23. The van der Waals surface area contributed by atoms with Crippen molar-refractivity contribution in [1.82, 2.24) is 5.32 Å². The zero-order chi connectivity index (χ0) is 13.1. The molecule has 0 saturated carbocycles. The fourth-order valence-electron chi connectivity index (χ4n) is 2.11. The van der Waals surface area contributed by atoms with Gasteiger partial charge in [0.1, 0.15) is 5.76 Å². The molecule has 0 fully saturated rings. The van der Waals surface area contributed by atoms with Gasteiger partial charge in [-0.25, -0.2) is 0 Å². The summed E-state index contributed by atoms with van der Waals surface area (Å²) in [5.74, 6) is 1.83. The SMILES string of the molecule is CCCOc1cccc2c(C)c(C(C)NC)oc12. The molecule has 1 heterocycles. The Morgan fingerprint density at radius 3 is 2.83 bits per heavy atom. The van der Waals surface area contributed by atoms with Gasteiger partial charge in [-0.2, -0.15) is 0 Å². The van der Waals surface area contributed by atoms with Crippen molar-refractivity contribution < 1.29 is 9.15 Å². The van der Waals surface area contributed by atoms with Crippen LogP contribution >= 0.6 is 0 Å². The minimum Gasteiger partial charge on any atom is -0.490 e. The lowest BCUT2D eigenvalue weighted by Crippen LogP contribution is -2.12. The molecule has 1 N–H and O–H groups in total. The van der Waals surface area contributed by atoms with Gasteiger partial charge in [-0.1, -0.05) is 19.1 Å². The molecule has 0 saturated heterocycles. The third-order valence-electron chi connectivity index (χ3n) is 3.25. The minimum absolute atomic E-state index is 0.205. The van der Waals surface area contributed by atoms with Gasteiger partial charge in [-0.3, -0.25) is 0 Å². The van der Waals surface area contributed by atoms with Gasteiger partial charge in [0.2, 0.25) is 0 Å². The van der Waals surface area contributed by atoms with E-state index in [1.165, 1.54) is 5.56 Å². The van der Waals surface area contributed by atoms with E-state index in [0.717, 1.165) is 35.5 Å². The van der Waals surface area contributed by atoms with E-state index in [4.69, 9.17) is 9.15 Å². The number of nitrogens with one attached hydrogen (secondary N) is 1. The molecule has 3 heteroatoms. The number of benzene rings is 1. The van der Waals surface area contributed by atoms with Crippen LogP contribution in [-0.4, -0.2) is 13.7 Å². The molecule has 3 nitrogen and oxygen atoms in total. The lowest BCUT2D eigenvalue weighted by molar-refractivity contribution is 0.315. The van der Waals surface area contributed by atoms with Crippen LogP contribution in [0.25, 0.3) is 11.0 Å². The van der Waals surface area contributed by atoms with E-state index in [1.54, 1.807) is 0 Å². The van der Waals surface area contributed by atoms with Crippen molar-refractivity contribution >= 4 is 11.0 Å². The summed E-state index contributed by atoms with van der Waals surface area (Å²) in [5.41, 5.74) is 2.05. The van der Waals surface area contributed by atoms with Crippen LogP contribution in [0.1, 0.15) is 37.6 Å². The van der Waals surface area contributed by atoms with Crippen molar-refractivity contribution in [3.8, 4) is 5.75 Å². The Balaban J connectivity index is 2.49. The van der Waals surface area contributed by atoms with Crippen LogP contribution in [0.5, 0.6) is 5.75 Å². The second-order valence-electron chi connectivity index (χ2n) is 4.58. The molecule has 1 aromatic carbocycles. The lowest BCUT2D eigenvalue weighted by Gasteiger charge is -2.07. The molecular formula is C15H21NO2. The first-order valence-corrected chi connectivity index (χ1v) is 6.51. The van der Waals surface area contributed by atoms with Crippen molar-refractivity contribution in [1.29, 1.82) is 0 Å². The van der Waals surface area contributed by atoms with E-state index in [-0.39, 0.29) is 6.04 Å². The molecule has 1 aromatic heterocycles. The maximum atomic E-state index is 5.99. The van der Waals surface area contributed by atoms with Crippen LogP contribution in [0.4, 0.5) is 0 Å². The molecule has 2 rings (SSSR count).